The molecule has 1 unspecified atom stereocenters. The fraction of sp³-hybridized carbons (Fsp3) is 0.385. The highest BCUT2D eigenvalue weighted by Crippen LogP contribution is 2.21. The normalized spacial score (nSPS) is 19.3. The quantitative estimate of drug-likeness (QED) is 0.839. The molecule has 0 spiro atoms. The Labute approximate surface area is 125 Å². The van der Waals surface area contributed by atoms with E-state index in [2.05, 4.69) is 15.9 Å². The number of carbonyl (C=O) groups is 1. The molecule has 2 rings (SSSR count). The van der Waals surface area contributed by atoms with Gasteiger partial charge in [-0.15, -0.1) is 0 Å². The van der Waals surface area contributed by atoms with Crippen molar-refractivity contribution in [2.75, 3.05) is 13.1 Å². The monoisotopic (exact) mass is 344 g/mol. The molecule has 2 N–H and O–H groups in total. The van der Waals surface area contributed by atoms with Crippen LogP contribution in [0.3, 0.4) is 0 Å². The molecule has 0 saturated carbocycles. The third-order valence-electron chi connectivity index (χ3n) is 3.28. The summed E-state index contributed by atoms with van der Waals surface area (Å²) in [6, 6.07) is 4.28. The molecule has 0 radical (unpaired) electrons. The van der Waals surface area contributed by atoms with Gasteiger partial charge in [-0.25, -0.2) is 4.39 Å². The molecule has 1 aliphatic rings. The van der Waals surface area contributed by atoms with E-state index in [1.807, 2.05) is 0 Å². The molecule has 1 atom stereocenters. The zero-order valence-corrected chi connectivity index (χ0v) is 12.6. The van der Waals surface area contributed by atoms with Crippen molar-refractivity contribution >= 4 is 39.0 Å². The molecule has 1 fully saturated rings. The molecular weight excluding hydrogens is 331 g/mol. The molecule has 1 aliphatic heterocycles. The number of amides is 1. The van der Waals surface area contributed by atoms with Gasteiger partial charge in [0.1, 0.15) is 5.82 Å². The molecule has 102 valence electrons. The average Bonchev–Trinajstić information content (AvgIpc) is 2.41. The smallest absolute Gasteiger partial charge is 0.253 e. The number of likely N-dealkylation sites (tertiary alicyclic amines) is 1. The van der Waals surface area contributed by atoms with Crippen molar-refractivity contribution in [1.82, 2.24) is 4.90 Å². The standard InChI is InChI=1S/C13H14BrFN2OS/c14-10-6-8(3-4-11(10)15)13(18)17-5-1-2-9(7-17)12(16)19/h3-4,6,9H,1-2,5,7H2,(H2,16,19). The Morgan fingerprint density at radius 3 is 2.89 bits per heavy atom. The number of piperidine rings is 1. The van der Waals surface area contributed by atoms with Crippen LogP contribution in [0.25, 0.3) is 0 Å². The highest BCUT2D eigenvalue weighted by atomic mass is 79.9. The van der Waals surface area contributed by atoms with Crippen molar-refractivity contribution in [3.8, 4) is 0 Å². The summed E-state index contributed by atoms with van der Waals surface area (Å²) in [6.45, 7) is 1.23. The maximum absolute atomic E-state index is 13.2. The minimum Gasteiger partial charge on any atom is -0.393 e. The van der Waals surface area contributed by atoms with Crippen molar-refractivity contribution in [1.29, 1.82) is 0 Å². The van der Waals surface area contributed by atoms with Crippen molar-refractivity contribution in [3.63, 3.8) is 0 Å². The molecule has 3 nitrogen and oxygen atoms in total. The minimum atomic E-state index is -0.379. The van der Waals surface area contributed by atoms with Crippen LogP contribution in [0.2, 0.25) is 0 Å². The summed E-state index contributed by atoms with van der Waals surface area (Å²) >= 11 is 8.08. The molecule has 1 heterocycles. The molecular formula is C13H14BrFN2OS. The van der Waals surface area contributed by atoms with E-state index in [1.54, 1.807) is 4.90 Å². The lowest BCUT2D eigenvalue weighted by molar-refractivity contribution is 0.0703. The molecule has 1 aromatic rings. The van der Waals surface area contributed by atoms with Gasteiger partial charge in [0.2, 0.25) is 0 Å². The van der Waals surface area contributed by atoms with Gasteiger partial charge in [0.15, 0.2) is 0 Å². The molecule has 19 heavy (non-hydrogen) atoms. The van der Waals surface area contributed by atoms with Crippen molar-refractivity contribution in [3.05, 3.63) is 34.1 Å². The number of hydrogen-bond donors (Lipinski definition) is 1. The fourth-order valence-electron chi connectivity index (χ4n) is 2.21. The summed E-state index contributed by atoms with van der Waals surface area (Å²) in [5.41, 5.74) is 6.12. The fourth-order valence-corrected chi connectivity index (χ4v) is 2.78. The second-order valence-corrected chi connectivity index (χ2v) is 5.95. The summed E-state index contributed by atoms with van der Waals surface area (Å²) in [5, 5.41) is 0. The van der Waals surface area contributed by atoms with Gasteiger partial charge in [-0.05, 0) is 47.0 Å². The first kappa shape index (κ1) is 14.4. The van der Waals surface area contributed by atoms with E-state index in [9.17, 15) is 9.18 Å². The van der Waals surface area contributed by atoms with Gasteiger partial charge < -0.3 is 10.6 Å². The topological polar surface area (TPSA) is 46.3 Å². The largest absolute Gasteiger partial charge is 0.393 e. The Bertz CT molecular complexity index is 523. The number of hydrogen-bond acceptors (Lipinski definition) is 2. The SMILES string of the molecule is NC(=S)C1CCCN(C(=O)c2ccc(F)c(Br)c2)C1. The molecule has 1 saturated heterocycles. The Kier molecular flexibility index (Phi) is 4.52. The second-order valence-electron chi connectivity index (χ2n) is 4.62. The van der Waals surface area contributed by atoms with Crippen LogP contribution in [-0.2, 0) is 0 Å². The lowest BCUT2D eigenvalue weighted by atomic mass is 9.97. The second kappa shape index (κ2) is 5.96. The van der Waals surface area contributed by atoms with E-state index in [4.69, 9.17) is 18.0 Å². The highest BCUT2D eigenvalue weighted by molar-refractivity contribution is 9.10. The number of carbonyl (C=O) groups excluding carboxylic acids is 1. The molecule has 0 aliphatic carbocycles. The van der Waals surface area contributed by atoms with Gasteiger partial charge in [0.05, 0.1) is 9.46 Å². The maximum Gasteiger partial charge on any atom is 0.253 e. The van der Waals surface area contributed by atoms with Gasteiger partial charge >= 0.3 is 0 Å². The Morgan fingerprint density at radius 1 is 1.53 bits per heavy atom. The van der Waals surface area contributed by atoms with E-state index < -0.39 is 0 Å². The summed E-state index contributed by atoms with van der Waals surface area (Å²) in [7, 11) is 0. The Hall–Kier alpha value is -1.01. The van der Waals surface area contributed by atoms with Gasteiger partial charge in [-0.3, -0.25) is 4.79 Å². The zero-order valence-electron chi connectivity index (χ0n) is 10.2. The zero-order chi connectivity index (χ0) is 14.0. The predicted octanol–water partition coefficient (Wildman–Crippen LogP) is 2.73. The number of benzene rings is 1. The number of rotatable bonds is 2. The van der Waals surface area contributed by atoms with Crippen molar-refractivity contribution in [2.24, 2.45) is 11.7 Å². The summed E-state index contributed by atoms with van der Waals surface area (Å²) in [6.07, 6.45) is 1.81. The van der Waals surface area contributed by atoms with E-state index in [0.29, 0.717) is 28.1 Å². The van der Waals surface area contributed by atoms with Gasteiger partial charge in [0, 0.05) is 24.6 Å². The van der Waals surface area contributed by atoms with Crippen LogP contribution in [0, 0.1) is 11.7 Å². The molecule has 0 bridgehead atoms. The van der Waals surface area contributed by atoms with Gasteiger partial charge in [-0.2, -0.15) is 0 Å². The highest BCUT2D eigenvalue weighted by Gasteiger charge is 2.26. The molecule has 1 amide bonds. The third-order valence-corrected chi connectivity index (χ3v) is 4.22. The van der Waals surface area contributed by atoms with E-state index in [-0.39, 0.29) is 17.6 Å². The van der Waals surface area contributed by atoms with Gasteiger partial charge in [0.25, 0.3) is 5.91 Å². The van der Waals surface area contributed by atoms with Crippen LogP contribution < -0.4 is 5.73 Å². The Morgan fingerprint density at radius 2 is 2.26 bits per heavy atom. The lowest BCUT2D eigenvalue weighted by Gasteiger charge is -2.32. The number of thiocarbonyl (C=S) groups is 1. The summed E-state index contributed by atoms with van der Waals surface area (Å²) in [4.78, 5) is 14.5. The first-order chi connectivity index (χ1) is 8.99. The first-order valence-electron chi connectivity index (χ1n) is 6.02. The van der Waals surface area contributed by atoms with Crippen molar-refractivity contribution in [2.45, 2.75) is 12.8 Å². The lowest BCUT2D eigenvalue weighted by Crippen LogP contribution is -2.43. The van der Waals surface area contributed by atoms with E-state index in [0.717, 1.165) is 12.8 Å². The maximum atomic E-state index is 13.2. The third kappa shape index (κ3) is 3.30. The van der Waals surface area contributed by atoms with Crippen LogP contribution >= 0.6 is 28.1 Å². The molecule has 6 heteroatoms. The number of halogens is 2. The Balaban J connectivity index is 2.14. The average molecular weight is 345 g/mol. The van der Waals surface area contributed by atoms with Crippen LogP contribution in [0.4, 0.5) is 4.39 Å². The summed E-state index contributed by atoms with van der Waals surface area (Å²) in [5.74, 6) is -0.408. The van der Waals surface area contributed by atoms with Crippen LogP contribution in [0.1, 0.15) is 23.2 Å². The van der Waals surface area contributed by atoms with Gasteiger partial charge in [-0.1, -0.05) is 12.2 Å². The molecule has 0 aromatic heterocycles. The summed E-state index contributed by atoms with van der Waals surface area (Å²) < 4.78 is 13.5. The number of nitrogens with two attached hydrogens (primary N) is 1. The molecule has 1 aromatic carbocycles. The first-order valence-corrected chi connectivity index (χ1v) is 7.23. The van der Waals surface area contributed by atoms with Crippen molar-refractivity contribution < 1.29 is 9.18 Å². The van der Waals surface area contributed by atoms with Crippen LogP contribution in [0.15, 0.2) is 22.7 Å². The van der Waals surface area contributed by atoms with E-state index >= 15 is 0 Å². The van der Waals surface area contributed by atoms with E-state index in [1.165, 1.54) is 18.2 Å². The number of nitrogens with zero attached hydrogens (tertiary/aromatic N) is 1. The predicted molar refractivity (Wildman–Crippen MR) is 79.5 cm³/mol. The van der Waals surface area contributed by atoms with Crippen LogP contribution in [0.5, 0.6) is 0 Å². The minimum absolute atomic E-state index is 0.0802. The van der Waals surface area contributed by atoms with Crippen LogP contribution in [-0.4, -0.2) is 28.9 Å².